The van der Waals surface area contributed by atoms with E-state index >= 15 is 0 Å². The Labute approximate surface area is 125 Å². The molecule has 1 unspecified atom stereocenters. The van der Waals surface area contributed by atoms with Gasteiger partial charge in [-0.2, -0.15) is 0 Å². The fourth-order valence-electron chi connectivity index (χ4n) is 2.39. The minimum absolute atomic E-state index is 0.108. The summed E-state index contributed by atoms with van der Waals surface area (Å²) in [5, 5.41) is 15.3. The summed E-state index contributed by atoms with van der Waals surface area (Å²) >= 11 is 0. The number of urea groups is 1. The summed E-state index contributed by atoms with van der Waals surface area (Å²) < 4.78 is 5.35. The van der Waals surface area contributed by atoms with E-state index in [0.717, 1.165) is 31.6 Å². The highest BCUT2D eigenvalue weighted by Crippen LogP contribution is 2.28. The summed E-state index contributed by atoms with van der Waals surface area (Å²) in [6, 6.07) is 7.02. The highest BCUT2D eigenvalue weighted by Gasteiger charge is 2.27. The van der Waals surface area contributed by atoms with Crippen LogP contribution in [0.15, 0.2) is 24.3 Å². The first kappa shape index (κ1) is 15.8. The minimum Gasteiger partial charge on any atom is -0.389 e. The molecule has 0 saturated carbocycles. The molecule has 1 aliphatic heterocycles. The van der Waals surface area contributed by atoms with E-state index in [1.54, 1.807) is 13.0 Å². The third-order valence-electron chi connectivity index (χ3n) is 4.00. The zero-order valence-electron chi connectivity index (χ0n) is 12.7. The van der Waals surface area contributed by atoms with Gasteiger partial charge >= 0.3 is 6.03 Å². The first-order chi connectivity index (χ1) is 9.98. The molecular weight excluding hydrogens is 268 g/mol. The Morgan fingerprint density at radius 3 is 2.81 bits per heavy atom. The molecule has 1 fully saturated rings. The lowest BCUT2D eigenvalue weighted by Gasteiger charge is -2.33. The second kappa shape index (κ2) is 6.91. The zero-order valence-corrected chi connectivity index (χ0v) is 12.7. The fourth-order valence-corrected chi connectivity index (χ4v) is 2.39. The van der Waals surface area contributed by atoms with Crippen LogP contribution in [0.1, 0.15) is 38.4 Å². The number of rotatable bonds is 4. The molecule has 3 N–H and O–H groups in total. The zero-order chi connectivity index (χ0) is 15.3. The summed E-state index contributed by atoms with van der Waals surface area (Å²) in [5.74, 6) is 0. The number of anilines is 1. The van der Waals surface area contributed by atoms with Crippen LogP contribution in [0.25, 0.3) is 0 Å². The van der Waals surface area contributed by atoms with E-state index in [9.17, 15) is 9.90 Å². The quantitative estimate of drug-likeness (QED) is 0.799. The number of hydrogen-bond acceptors (Lipinski definition) is 3. The molecule has 1 saturated heterocycles. The summed E-state index contributed by atoms with van der Waals surface area (Å²) in [4.78, 5) is 12.0. The second-order valence-corrected chi connectivity index (χ2v) is 6.03. The van der Waals surface area contributed by atoms with Crippen LogP contribution in [0.4, 0.5) is 10.5 Å². The van der Waals surface area contributed by atoms with Crippen molar-refractivity contribution in [2.75, 3.05) is 25.1 Å². The van der Waals surface area contributed by atoms with Crippen molar-refractivity contribution in [3.63, 3.8) is 0 Å². The molecule has 0 spiro atoms. The number of amides is 2. The van der Waals surface area contributed by atoms with E-state index in [0.29, 0.717) is 12.2 Å². The molecule has 0 radical (unpaired) electrons. The molecule has 0 aromatic heterocycles. The molecule has 1 atom stereocenters. The molecule has 1 aromatic carbocycles. The Balaban J connectivity index is 1.85. The van der Waals surface area contributed by atoms with Crippen LogP contribution < -0.4 is 10.6 Å². The highest BCUT2D eigenvalue weighted by molar-refractivity contribution is 5.89. The van der Waals surface area contributed by atoms with Crippen LogP contribution in [0.5, 0.6) is 0 Å². The van der Waals surface area contributed by atoms with E-state index in [-0.39, 0.29) is 11.4 Å². The van der Waals surface area contributed by atoms with Gasteiger partial charge in [0.2, 0.25) is 0 Å². The third kappa shape index (κ3) is 4.72. The van der Waals surface area contributed by atoms with Crippen LogP contribution >= 0.6 is 0 Å². The molecule has 1 heterocycles. The molecular formula is C16H24N2O3. The molecule has 0 aliphatic carbocycles. The molecule has 2 rings (SSSR count). The van der Waals surface area contributed by atoms with Gasteiger partial charge in [-0.3, -0.25) is 0 Å². The highest BCUT2D eigenvalue weighted by atomic mass is 16.5. The SMILES string of the molecule is CC(O)c1cccc(NC(=O)NCC2(C)CCOCC2)c1. The number of nitrogens with one attached hydrogen (secondary N) is 2. The number of aliphatic hydroxyl groups excluding tert-OH is 1. The third-order valence-corrected chi connectivity index (χ3v) is 4.00. The first-order valence-corrected chi connectivity index (χ1v) is 7.39. The van der Waals surface area contributed by atoms with Crippen molar-refractivity contribution >= 4 is 11.7 Å². The largest absolute Gasteiger partial charge is 0.389 e. The number of hydrogen-bond donors (Lipinski definition) is 3. The van der Waals surface area contributed by atoms with Crippen LogP contribution in [-0.4, -0.2) is 30.9 Å². The van der Waals surface area contributed by atoms with Crippen LogP contribution in [0, 0.1) is 5.41 Å². The summed E-state index contributed by atoms with van der Waals surface area (Å²) in [7, 11) is 0. The van der Waals surface area contributed by atoms with Gasteiger partial charge in [-0.1, -0.05) is 19.1 Å². The van der Waals surface area contributed by atoms with Crippen molar-refractivity contribution < 1.29 is 14.6 Å². The predicted molar refractivity (Wildman–Crippen MR) is 82.3 cm³/mol. The maximum Gasteiger partial charge on any atom is 0.319 e. The van der Waals surface area contributed by atoms with E-state index < -0.39 is 6.10 Å². The molecule has 5 nitrogen and oxygen atoms in total. The van der Waals surface area contributed by atoms with Crippen LogP contribution in [0.2, 0.25) is 0 Å². The van der Waals surface area contributed by atoms with Crippen molar-refractivity contribution in [1.82, 2.24) is 5.32 Å². The normalized spacial score (nSPS) is 18.8. The predicted octanol–water partition coefficient (Wildman–Crippen LogP) is 2.68. The van der Waals surface area contributed by atoms with E-state index in [1.807, 2.05) is 18.2 Å². The second-order valence-electron chi connectivity index (χ2n) is 6.03. The lowest BCUT2D eigenvalue weighted by Crippen LogP contribution is -2.41. The van der Waals surface area contributed by atoms with Gasteiger partial charge in [0.1, 0.15) is 0 Å². The number of ether oxygens (including phenoxy) is 1. The topological polar surface area (TPSA) is 70.6 Å². The van der Waals surface area contributed by atoms with Crippen molar-refractivity contribution in [2.24, 2.45) is 5.41 Å². The smallest absolute Gasteiger partial charge is 0.319 e. The minimum atomic E-state index is -0.545. The Morgan fingerprint density at radius 2 is 2.14 bits per heavy atom. The van der Waals surface area contributed by atoms with E-state index in [4.69, 9.17) is 4.74 Å². The van der Waals surface area contributed by atoms with Crippen molar-refractivity contribution in [3.8, 4) is 0 Å². The fraction of sp³-hybridized carbons (Fsp3) is 0.562. The van der Waals surface area contributed by atoms with Gasteiger partial charge in [-0.15, -0.1) is 0 Å². The molecule has 1 aliphatic rings. The number of aliphatic hydroxyl groups is 1. The van der Waals surface area contributed by atoms with Gasteiger partial charge in [-0.05, 0) is 42.9 Å². The van der Waals surface area contributed by atoms with Crippen LogP contribution in [0.3, 0.4) is 0 Å². The summed E-state index contributed by atoms with van der Waals surface area (Å²) in [5.41, 5.74) is 1.57. The Kier molecular flexibility index (Phi) is 5.20. The van der Waals surface area contributed by atoms with Crippen LogP contribution in [-0.2, 0) is 4.74 Å². The summed E-state index contributed by atoms with van der Waals surface area (Å²) in [6.07, 6.45) is 1.38. The Hall–Kier alpha value is -1.59. The van der Waals surface area contributed by atoms with Crippen molar-refractivity contribution in [3.05, 3.63) is 29.8 Å². The lowest BCUT2D eigenvalue weighted by atomic mass is 9.82. The Morgan fingerprint density at radius 1 is 1.43 bits per heavy atom. The van der Waals surface area contributed by atoms with Gasteiger partial charge < -0.3 is 20.5 Å². The maximum atomic E-state index is 12.0. The van der Waals surface area contributed by atoms with Crippen molar-refractivity contribution in [2.45, 2.75) is 32.8 Å². The molecule has 2 amide bonds. The molecule has 5 heteroatoms. The first-order valence-electron chi connectivity index (χ1n) is 7.39. The van der Waals surface area contributed by atoms with Gasteiger partial charge in [0.05, 0.1) is 6.10 Å². The average Bonchev–Trinajstić information content (AvgIpc) is 2.46. The molecule has 0 bridgehead atoms. The monoisotopic (exact) mass is 292 g/mol. The standard InChI is InChI=1S/C16H24N2O3/c1-12(19)13-4-3-5-14(10-13)18-15(20)17-11-16(2)6-8-21-9-7-16/h3-5,10,12,19H,6-9,11H2,1-2H3,(H2,17,18,20). The van der Waals surface area contributed by atoms with Gasteiger partial charge in [0.25, 0.3) is 0 Å². The molecule has 116 valence electrons. The molecule has 1 aromatic rings. The number of benzene rings is 1. The number of carbonyl (C=O) groups excluding carboxylic acids is 1. The van der Waals surface area contributed by atoms with E-state index in [2.05, 4.69) is 17.6 Å². The summed E-state index contributed by atoms with van der Waals surface area (Å²) in [6.45, 7) is 6.03. The van der Waals surface area contributed by atoms with Gasteiger partial charge in [0.15, 0.2) is 0 Å². The van der Waals surface area contributed by atoms with E-state index in [1.165, 1.54) is 0 Å². The maximum absolute atomic E-state index is 12.0. The van der Waals surface area contributed by atoms with Crippen molar-refractivity contribution in [1.29, 1.82) is 0 Å². The molecule has 21 heavy (non-hydrogen) atoms. The Bertz CT molecular complexity index is 482. The van der Waals surface area contributed by atoms with Gasteiger partial charge in [-0.25, -0.2) is 4.79 Å². The lowest BCUT2D eigenvalue weighted by molar-refractivity contribution is 0.0254. The van der Waals surface area contributed by atoms with Gasteiger partial charge in [0, 0.05) is 25.4 Å². The average molecular weight is 292 g/mol. The number of carbonyl (C=O) groups is 1.